The minimum Gasteiger partial charge on any atom is -0.456 e. The van der Waals surface area contributed by atoms with Crippen LogP contribution in [0.5, 0.6) is 0 Å². The Balaban J connectivity index is 2.19. The zero-order valence-corrected chi connectivity index (χ0v) is 10.9. The number of allylic oxidation sites excluding steroid dienone is 1. The molecule has 3 rings (SSSR count). The normalized spacial score (nSPS) is 10.6. The minimum absolute atomic E-state index is 0.584. The number of nitriles is 2. The molecule has 4 nitrogen and oxygen atoms in total. The summed E-state index contributed by atoms with van der Waals surface area (Å²) in [6.45, 7) is 0. The van der Waals surface area contributed by atoms with Crippen LogP contribution in [0, 0.1) is 22.7 Å². The molecule has 0 aliphatic carbocycles. The highest BCUT2D eigenvalue weighted by molar-refractivity contribution is 5.92. The first-order valence-corrected chi connectivity index (χ1v) is 6.26. The number of furan rings is 1. The van der Waals surface area contributed by atoms with Crippen LogP contribution >= 0.6 is 0 Å². The van der Waals surface area contributed by atoms with E-state index in [4.69, 9.17) is 14.9 Å². The topological polar surface area (TPSA) is 73.6 Å². The molecule has 0 aliphatic rings. The molecule has 0 spiro atoms. The Bertz CT molecular complexity index is 923. The van der Waals surface area contributed by atoms with Crippen LogP contribution in [-0.2, 0) is 0 Å². The Morgan fingerprint density at radius 2 is 2.05 bits per heavy atom. The molecule has 2 aromatic heterocycles. The van der Waals surface area contributed by atoms with Crippen molar-refractivity contribution in [2.75, 3.05) is 0 Å². The van der Waals surface area contributed by atoms with Crippen molar-refractivity contribution in [2.45, 2.75) is 0 Å². The molecule has 0 atom stereocenters. The molecule has 4 heteroatoms. The van der Waals surface area contributed by atoms with Gasteiger partial charge in [-0.05, 0) is 29.8 Å². The highest BCUT2D eigenvalue weighted by atomic mass is 16.3. The van der Waals surface area contributed by atoms with E-state index >= 15 is 0 Å². The maximum atomic E-state index is 8.99. The number of benzene rings is 1. The number of hydrogen-bond donors (Lipinski definition) is 0. The molecule has 0 aliphatic heterocycles. The SMILES string of the molecule is N#C/C=C/c1cc2cncc(-c3cccc(C#N)c3)c2o1. The zero-order valence-electron chi connectivity index (χ0n) is 10.9. The predicted molar refractivity (Wildman–Crippen MR) is 78.8 cm³/mol. The second-order valence-electron chi connectivity index (χ2n) is 4.41. The van der Waals surface area contributed by atoms with Crippen LogP contribution in [0.25, 0.3) is 28.2 Å². The number of nitrogens with zero attached hydrogens (tertiary/aromatic N) is 3. The third-order valence-corrected chi connectivity index (χ3v) is 3.07. The second-order valence-corrected chi connectivity index (χ2v) is 4.41. The third kappa shape index (κ3) is 2.39. The lowest BCUT2D eigenvalue weighted by Crippen LogP contribution is -1.82. The van der Waals surface area contributed by atoms with Crippen molar-refractivity contribution >= 4 is 17.0 Å². The highest BCUT2D eigenvalue weighted by Crippen LogP contribution is 2.30. The van der Waals surface area contributed by atoms with Gasteiger partial charge in [0.05, 0.1) is 17.7 Å². The number of pyridine rings is 1. The second kappa shape index (κ2) is 5.32. The molecule has 2 heterocycles. The Labute approximate surface area is 121 Å². The lowest BCUT2D eigenvalue weighted by molar-refractivity contribution is 0.605. The molecular weight excluding hydrogens is 262 g/mol. The van der Waals surface area contributed by atoms with Crippen molar-refractivity contribution in [2.24, 2.45) is 0 Å². The van der Waals surface area contributed by atoms with E-state index in [1.165, 1.54) is 6.08 Å². The van der Waals surface area contributed by atoms with Crippen LogP contribution in [0.4, 0.5) is 0 Å². The molecule has 21 heavy (non-hydrogen) atoms. The molecule has 0 bridgehead atoms. The van der Waals surface area contributed by atoms with Crippen LogP contribution < -0.4 is 0 Å². The van der Waals surface area contributed by atoms with Crippen molar-refractivity contribution < 1.29 is 4.42 Å². The fourth-order valence-corrected chi connectivity index (χ4v) is 2.15. The van der Waals surface area contributed by atoms with Crippen molar-refractivity contribution in [3.8, 4) is 23.3 Å². The molecular formula is C17H9N3O. The van der Waals surface area contributed by atoms with Crippen molar-refractivity contribution in [3.05, 3.63) is 60.1 Å². The Morgan fingerprint density at radius 3 is 2.86 bits per heavy atom. The van der Waals surface area contributed by atoms with Crippen LogP contribution in [-0.4, -0.2) is 4.98 Å². The molecule has 0 saturated heterocycles. The largest absolute Gasteiger partial charge is 0.456 e. The molecule has 3 aromatic rings. The zero-order chi connectivity index (χ0) is 14.7. The van der Waals surface area contributed by atoms with Gasteiger partial charge < -0.3 is 4.42 Å². The lowest BCUT2D eigenvalue weighted by Gasteiger charge is -2.02. The summed E-state index contributed by atoms with van der Waals surface area (Å²) < 4.78 is 5.77. The summed E-state index contributed by atoms with van der Waals surface area (Å²) >= 11 is 0. The fourth-order valence-electron chi connectivity index (χ4n) is 2.15. The summed E-state index contributed by atoms with van der Waals surface area (Å²) in [4.78, 5) is 4.21. The third-order valence-electron chi connectivity index (χ3n) is 3.07. The Hall–Kier alpha value is -3.37. The first kappa shape index (κ1) is 12.7. The van der Waals surface area contributed by atoms with Crippen LogP contribution in [0.2, 0.25) is 0 Å². The molecule has 0 radical (unpaired) electrons. The molecule has 0 N–H and O–H groups in total. The summed E-state index contributed by atoms with van der Waals surface area (Å²) in [6.07, 6.45) is 6.39. The summed E-state index contributed by atoms with van der Waals surface area (Å²) in [7, 11) is 0. The number of fused-ring (bicyclic) bond motifs is 1. The molecule has 0 unspecified atom stereocenters. The quantitative estimate of drug-likeness (QED) is 0.662. The summed E-state index contributed by atoms with van der Waals surface area (Å²) in [5.41, 5.74) is 2.97. The molecule has 0 fully saturated rings. The average molecular weight is 271 g/mol. The first-order chi connectivity index (χ1) is 10.3. The van der Waals surface area contributed by atoms with Gasteiger partial charge in [0, 0.05) is 29.4 Å². The Kier molecular flexibility index (Phi) is 3.21. The van der Waals surface area contributed by atoms with Gasteiger partial charge in [0.15, 0.2) is 0 Å². The van der Waals surface area contributed by atoms with E-state index in [0.717, 1.165) is 16.5 Å². The summed E-state index contributed by atoms with van der Waals surface area (Å²) in [6, 6.07) is 13.2. The fraction of sp³-hybridized carbons (Fsp3) is 0. The van der Waals surface area contributed by atoms with E-state index in [1.54, 1.807) is 30.6 Å². The van der Waals surface area contributed by atoms with Gasteiger partial charge >= 0.3 is 0 Å². The summed E-state index contributed by atoms with van der Waals surface area (Å²) in [5, 5.41) is 18.4. The van der Waals surface area contributed by atoms with Crippen molar-refractivity contribution in [1.29, 1.82) is 10.5 Å². The van der Waals surface area contributed by atoms with Crippen LogP contribution in [0.15, 0.2) is 53.2 Å². The van der Waals surface area contributed by atoms with Gasteiger partial charge in [0.1, 0.15) is 11.3 Å². The van der Waals surface area contributed by atoms with E-state index in [1.807, 2.05) is 24.3 Å². The number of hydrogen-bond acceptors (Lipinski definition) is 4. The molecule has 0 saturated carbocycles. The molecule has 98 valence electrons. The predicted octanol–water partition coefficient (Wildman–Crippen LogP) is 3.90. The van der Waals surface area contributed by atoms with Gasteiger partial charge in [-0.3, -0.25) is 4.98 Å². The van der Waals surface area contributed by atoms with Crippen molar-refractivity contribution in [1.82, 2.24) is 4.98 Å². The van der Waals surface area contributed by atoms with Gasteiger partial charge in [0.25, 0.3) is 0 Å². The van der Waals surface area contributed by atoms with Gasteiger partial charge in [-0.1, -0.05) is 12.1 Å². The van der Waals surface area contributed by atoms with E-state index in [2.05, 4.69) is 11.1 Å². The van der Waals surface area contributed by atoms with E-state index < -0.39 is 0 Å². The van der Waals surface area contributed by atoms with E-state index in [0.29, 0.717) is 16.9 Å². The molecule has 0 amide bonds. The standard InChI is InChI=1S/C17H9N3O/c18-6-2-5-15-8-14-10-20-11-16(17(14)21-15)13-4-1-3-12(7-13)9-19/h1-5,7-8,10-11H/b5-2+. The monoisotopic (exact) mass is 271 g/mol. The van der Waals surface area contributed by atoms with E-state index in [9.17, 15) is 0 Å². The highest BCUT2D eigenvalue weighted by Gasteiger charge is 2.10. The number of aromatic nitrogens is 1. The Morgan fingerprint density at radius 1 is 1.14 bits per heavy atom. The summed E-state index contributed by atoms with van der Waals surface area (Å²) in [5.74, 6) is 0.595. The molecule has 1 aromatic carbocycles. The average Bonchev–Trinajstić information content (AvgIpc) is 2.95. The maximum absolute atomic E-state index is 8.99. The van der Waals surface area contributed by atoms with Gasteiger partial charge in [-0.15, -0.1) is 0 Å². The van der Waals surface area contributed by atoms with Gasteiger partial charge in [0.2, 0.25) is 0 Å². The van der Waals surface area contributed by atoms with Crippen LogP contribution in [0.3, 0.4) is 0 Å². The van der Waals surface area contributed by atoms with Crippen molar-refractivity contribution in [3.63, 3.8) is 0 Å². The van der Waals surface area contributed by atoms with E-state index in [-0.39, 0.29) is 0 Å². The lowest BCUT2D eigenvalue weighted by atomic mass is 10.0. The number of rotatable bonds is 2. The smallest absolute Gasteiger partial charge is 0.145 e. The minimum atomic E-state index is 0.584. The van der Waals surface area contributed by atoms with Crippen LogP contribution in [0.1, 0.15) is 11.3 Å². The maximum Gasteiger partial charge on any atom is 0.145 e. The van der Waals surface area contributed by atoms with Gasteiger partial charge in [-0.2, -0.15) is 10.5 Å². The first-order valence-electron chi connectivity index (χ1n) is 6.26. The van der Waals surface area contributed by atoms with Gasteiger partial charge in [-0.25, -0.2) is 0 Å².